The first-order chi connectivity index (χ1) is 7.70. The first-order valence-corrected chi connectivity index (χ1v) is 6.61. The highest BCUT2D eigenvalue weighted by molar-refractivity contribution is 7.99. The summed E-state index contributed by atoms with van der Waals surface area (Å²) in [5.74, 6) is -0.0380. The van der Waals surface area contributed by atoms with Crippen LogP contribution in [0.5, 0.6) is 0 Å². The number of carboxylic acid groups (broad SMARTS) is 1. The van der Waals surface area contributed by atoms with E-state index in [1.165, 1.54) is 24.6 Å². The van der Waals surface area contributed by atoms with Crippen molar-refractivity contribution in [1.82, 2.24) is 9.78 Å². The van der Waals surface area contributed by atoms with Gasteiger partial charge in [-0.1, -0.05) is 18.7 Å². The maximum atomic E-state index is 10.5. The Morgan fingerprint density at radius 2 is 2.44 bits per heavy atom. The predicted octanol–water partition coefficient (Wildman–Crippen LogP) is 2.35. The molecule has 0 radical (unpaired) electrons. The molecule has 0 bridgehead atoms. The lowest BCUT2D eigenvalue weighted by Crippen LogP contribution is -2.03. The van der Waals surface area contributed by atoms with Gasteiger partial charge < -0.3 is 5.11 Å². The summed E-state index contributed by atoms with van der Waals surface area (Å²) >= 11 is 1.36. The second kappa shape index (κ2) is 4.91. The Morgan fingerprint density at radius 1 is 1.69 bits per heavy atom. The minimum atomic E-state index is -0.776. The van der Waals surface area contributed by atoms with Crippen LogP contribution < -0.4 is 0 Å². The zero-order valence-corrected chi connectivity index (χ0v) is 10.2. The van der Waals surface area contributed by atoms with Gasteiger partial charge in [-0.25, -0.2) is 0 Å². The highest BCUT2D eigenvalue weighted by Crippen LogP contribution is 2.40. The molecule has 0 aliphatic heterocycles. The molecule has 0 amide bonds. The van der Waals surface area contributed by atoms with Crippen LogP contribution in [0.4, 0.5) is 0 Å². The number of hydrogen-bond acceptors (Lipinski definition) is 3. The highest BCUT2D eigenvalue weighted by Gasteiger charge is 2.27. The Balaban J connectivity index is 2.09. The van der Waals surface area contributed by atoms with E-state index >= 15 is 0 Å². The van der Waals surface area contributed by atoms with Crippen LogP contribution in [0.25, 0.3) is 0 Å². The van der Waals surface area contributed by atoms with E-state index in [9.17, 15) is 4.79 Å². The number of rotatable bonds is 6. The Labute approximate surface area is 99.0 Å². The summed E-state index contributed by atoms with van der Waals surface area (Å²) in [5.41, 5.74) is 1.14. The SMILES string of the molecule is CCCn1nc(C2CC2)cc1SCC(=O)O. The van der Waals surface area contributed by atoms with Crippen LogP contribution in [0.2, 0.25) is 0 Å². The smallest absolute Gasteiger partial charge is 0.313 e. The van der Waals surface area contributed by atoms with Crippen molar-refractivity contribution < 1.29 is 9.90 Å². The van der Waals surface area contributed by atoms with Crippen molar-refractivity contribution >= 4 is 17.7 Å². The first-order valence-electron chi connectivity index (χ1n) is 5.63. The lowest BCUT2D eigenvalue weighted by atomic mass is 10.3. The summed E-state index contributed by atoms with van der Waals surface area (Å²) in [7, 11) is 0. The summed E-state index contributed by atoms with van der Waals surface area (Å²) < 4.78 is 1.95. The molecule has 1 saturated carbocycles. The monoisotopic (exact) mass is 240 g/mol. The summed E-state index contributed by atoms with van der Waals surface area (Å²) in [5, 5.41) is 14.2. The largest absolute Gasteiger partial charge is 0.481 e. The topological polar surface area (TPSA) is 55.1 Å². The Kier molecular flexibility index (Phi) is 3.53. The molecule has 88 valence electrons. The average molecular weight is 240 g/mol. The van der Waals surface area contributed by atoms with Gasteiger partial charge in [-0.05, 0) is 25.3 Å². The molecule has 0 spiro atoms. The Bertz CT molecular complexity index is 385. The fourth-order valence-electron chi connectivity index (χ4n) is 1.62. The zero-order chi connectivity index (χ0) is 11.5. The molecule has 1 aliphatic carbocycles. The fraction of sp³-hybridized carbons (Fsp3) is 0.636. The maximum Gasteiger partial charge on any atom is 0.313 e. The van der Waals surface area contributed by atoms with E-state index in [0.717, 1.165) is 23.7 Å². The van der Waals surface area contributed by atoms with E-state index in [1.807, 2.05) is 4.68 Å². The lowest BCUT2D eigenvalue weighted by Gasteiger charge is -2.03. The molecule has 1 aliphatic rings. The lowest BCUT2D eigenvalue weighted by molar-refractivity contribution is -0.133. The number of aryl methyl sites for hydroxylation is 1. The van der Waals surface area contributed by atoms with E-state index in [2.05, 4.69) is 18.1 Å². The fourth-order valence-corrected chi connectivity index (χ4v) is 2.38. The van der Waals surface area contributed by atoms with Crippen molar-refractivity contribution in [2.24, 2.45) is 0 Å². The van der Waals surface area contributed by atoms with Crippen LogP contribution in [0.15, 0.2) is 11.1 Å². The molecular formula is C11H16N2O2S. The highest BCUT2D eigenvalue weighted by atomic mass is 32.2. The third-order valence-corrected chi connectivity index (χ3v) is 3.55. The van der Waals surface area contributed by atoms with Crippen molar-refractivity contribution in [3.63, 3.8) is 0 Å². The van der Waals surface area contributed by atoms with Crippen LogP contribution >= 0.6 is 11.8 Å². The molecule has 1 N–H and O–H groups in total. The Morgan fingerprint density at radius 3 is 3.00 bits per heavy atom. The summed E-state index contributed by atoms with van der Waals surface area (Å²) in [6.45, 7) is 2.97. The van der Waals surface area contributed by atoms with Crippen LogP contribution in [0.1, 0.15) is 37.8 Å². The van der Waals surface area contributed by atoms with E-state index in [4.69, 9.17) is 5.11 Å². The molecule has 5 heteroatoms. The molecule has 1 fully saturated rings. The quantitative estimate of drug-likeness (QED) is 0.775. The van der Waals surface area contributed by atoms with E-state index in [0.29, 0.717) is 5.92 Å². The number of nitrogens with zero attached hydrogens (tertiary/aromatic N) is 2. The molecular weight excluding hydrogens is 224 g/mol. The van der Waals surface area contributed by atoms with Gasteiger partial charge in [-0.3, -0.25) is 9.48 Å². The molecule has 1 aromatic rings. The van der Waals surface area contributed by atoms with Gasteiger partial charge in [0.1, 0.15) is 0 Å². The second-order valence-corrected chi connectivity index (χ2v) is 5.08. The third-order valence-electron chi connectivity index (χ3n) is 2.54. The van der Waals surface area contributed by atoms with Crippen molar-refractivity contribution in [2.45, 2.75) is 43.7 Å². The van der Waals surface area contributed by atoms with Crippen molar-refractivity contribution in [2.75, 3.05) is 5.75 Å². The van der Waals surface area contributed by atoms with Crippen LogP contribution in [-0.4, -0.2) is 26.6 Å². The third kappa shape index (κ3) is 2.78. The van der Waals surface area contributed by atoms with Crippen molar-refractivity contribution in [3.05, 3.63) is 11.8 Å². The average Bonchev–Trinajstić information content (AvgIpc) is 3.00. The van der Waals surface area contributed by atoms with Gasteiger partial charge in [0.2, 0.25) is 0 Å². The van der Waals surface area contributed by atoms with Crippen LogP contribution in [0.3, 0.4) is 0 Å². The molecule has 0 aromatic carbocycles. The number of aliphatic carboxylic acids is 1. The molecule has 1 heterocycles. The molecule has 4 nitrogen and oxygen atoms in total. The summed E-state index contributed by atoms with van der Waals surface area (Å²) in [4.78, 5) is 10.5. The van der Waals surface area contributed by atoms with E-state index in [1.54, 1.807) is 0 Å². The minimum absolute atomic E-state index is 0.111. The minimum Gasteiger partial charge on any atom is -0.481 e. The van der Waals surface area contributed by atoms with Crippen LogP contribution in [-0.2, 0) is 11.3 Å². The molecule has 16 heavy (non-hydrogen) atoms. The molecule has 0 atom stereocenters. The standard InChI is InChI=1S/C11H16N2O2S/c1-2-5-13-10(16-7-11(14)15)6-9(12-13)8-3-4-8/h6,8H,2-5,7H2,1H3,(H,14,15). The van der Waals surface area contributed by atoms with Gasteiger partial charge >= 0.3 is 5.97 Å². The van der Waals surface area contributed by atoms with Gasteiger partial charge in [0, 0.05) is 12.5 Å². The maximum absolute atomic E-state index is 10.5. The van der Waals surface area contributed by atoms with Gasteiger partial charge in [-0.15, -0.1) is 0 Å². The van der Waals surface area contributed by atoms with Gasteiger partial charge in [0.25, 0.3) is 0 Å². The molecule has 0 unspecified atom stereocenters. The van der Waals surface area contributed by atoms with Gasteiger partial charge in [0.15, 0.2) is 0 Å². The Hall–Kier alpha value is -0.970. The molecule has 0 saturated heterocycles. The second-order valence-electron chi connectivity index (χ2n) is 4.09. The summed E-state index contributed by atoms with van der Waals surface area (Å²) in [6, 6.07) is 2.06. The van der Waals surface area contributed by atoms with E-state index < -0.39 is 5.97 Å². The number of hydrogen-bond donors (Lipinski definition) is 1. The number of thioether (sulfide) groups is 1. The number of carbonyl (C=O) groups is 1. The molecule has 2 rings (SSSR count). The van der Waals surface area contributed by atoms with Crippen molar-refractivity contribution in [1.29, 1.82) is 0 Å². The normalized spacial score (nSPS) is 15.3. The number of aromatic nitrogens is 2. The zero-order valence-electron chi connectivity index (χ0n) is 9.35. The van der Waals surface area contributed by atoms with E-state index in [-0.39, 0.29) is 5.75 Å². The summed E-state index contributed by atoms with van der Waals surface area (Å²) in [6.07, 6.45) is 3.48. The van der Waals surface area contributed by atoms with Crippen molar-refractivity contribution in [3.8, 4) is 0 Å². The van der Waals surface area contributed by atoms with Gasteiger partial charge in [-0.2, -0.15) is 5.10 Å². The van der Waals surface area contributed by atoms with Crippen LogP contribution in [0, 0.1) is 0 Å². The molecule has 1 aromatic heterocycles. The predicted molar refractivity (Wildman–Crippen MR) is 62.9 cm³/mol. The number of carboxylic acids is 1. The first kappa shape index (κ1) is 11.5. The van der Waals surface area contributed by atoms with Gasteiger partial charge in [0.05, 0.1) is 16.5 Å².